The number of nitrogens with one attached hydrogen (secondary N) is 1. The number of fused-ring (bicyclic) bond motifs is 1. The average molecular weight is 395 g/mol. The molecule has 0 spiro atoms. The Morgan fingerprint density at radius 2 is 2.04 bits per heavy atom. The first-order chi connectivity index (χ1) is 11.5. The van der Waals surface area contributed by atoms with Crippen LogP contribution in [0.15, 0.2) is 36.5 Å². The van der Waals surface area contributed by atoms with Gasteiger partial charge in [-0.05, 0) is 23.8 Å². The van der Waals surface area contributed by atoms with Gasteiger partial charge in [0.25, 0.3) is 0 Å². The van der Waals surface area contributed by atoms with E-state index in [-0.39, 0.29) is 6.61 Å². The molecule has 2 heterocycles. The standard InChI is InChI=1S/C17H15ClN2OS3/c1-20-8-14(15(22)13-6-12(9-21)24-17(13)20)16(23)19-7-10-2-4-11(18)5-3-10/h2-6,8,21H,7,9H2,1H3,(H,19,23). The molecule has 0 aliphatic rings. The Balaban J connectivity index is 1.88. The van der Waals surface area contributed by atoms with Crippen LogP contribution in [0.1, 0.15) is 16.0 Å². The lowest BCUT2D eigenvalue weighted by Gasteiger charge is -2.11. The van der Waals surface area contributed by atoms with Gasteiger partial charge in [0.1, 0.15) is 9.82 Å². The number of nitrogens with zero attached hydrogens (tertiary/aromatic N) is 1. The van der Waals surface area contributed by atoms with Crippen LogP contribution in [-0.2, 0) is 20.2 Å². The van der Waals surface area contributed by atoms with Crippen molar-refractivity contribution in [3.63, 3.8) is 0 Å². The summed E-state index contributed by atoms with van der Waals surface area (Å²) < 4.78 is 2.72. The number of aliphatic hydroxyl groups is 1. The van der Waals surface area contributed by atoms with Crippen molar-refractivity contribution in [3.8, 4) is 0 Å². The normalized spacial score (nSPS) is 11.0. The Morgan fingerprint density at radius 1 is 1.33 bits per heavy atom. The van der Waals surface area contributed by atoms with Crippen LogP contribution in [0.3, 0.4) is 0 Å². The third kappa shape index (κ3) is 3.53. The van der Waals surface area contributed by atoms with E-state index in [0.29, 0.717) is 21.1 Å². The number of thiocarbonyl (C=S) groups is 1. The number of pyridine rings is 1. The van der Waals surface area contributed by atoms with E-state index in [1.165, 1.54) is 0 Å². The summed E-state index contributed by atoms with van der Waals surface area (Å²) in [7, 11) is 1.96. The highest BCUT2D eigenvalue weighted by molar-refractivity contribution is 7.80. The van der Waals surface area contributed by atoms with Crippen LogP contribution >= 0.6 is 47.4 Å². The number of aromatic nitrogens is 1. The van der Waals surface area contributed by atoms with E-state index in [9.17, 15) is 5.11 Å². The van der Waals surface area contributed by atoms with Gasteiger partial charge in [0.15, 0.2) is 0 Å². The Bertz CT molecular complexity index is 960. The van der Waals surface area contributed by atoms with Crippen molar-refractivity contribution in [2.24, 2.45) is 7.05 Å². The fraction of sp³-hybridized carbons (Fsp3) is 0.176. The van der Waals surface area contributed by atoms with E-state index in [0.717, 1.165) is 26.2 Å². The fourth-order valence-electron chi connectivity index (χ4n) is 2.43. The topological polar surface area (TPSA) is 37.2 Å². The van der Waals surface area contributed by atoms with Gasteiger partial charge in [-0.15, -0.1) is 11.3 Å². The third-order valence-corrected chi connectivity index (χ3v) is 5.93. The highest BCUT2D eigenvalue weighted by Crippen LogP contribution is 2.28. The van der Waals surface area contributed by atoms with Gasteiger partial charge < -0.3 is 15.0 Å². The summed E-state index contributed by atoms with van der Waals surface area (Å²) in [4.78, 5) is 2.54. The number of halogens is 1. The second-order valence-corrected chi connectivity index (χ2v) is 7.75. The molecule has 24 heavy (non-hydrogen) atoms. The zero-order chi connectivity index (χ0) is 17.3. The van der Waals surface area contributed by atoms with Crippen molar-refractivity contribution in [2.45, 2.75) is 13.2 Å². The van der Waals surface area contributed by atoms with Gasteiger partial charge in [-0.1, -0.05) is 48.2 Å². The van der Waals surface area contributed by atoms with E-state index in [1.807, 2.05) is 48.1 Å². The first-order valence-corrected chi connectivity index (χ1v) is 9.26. The van der Waals surface area contributed by atoms with Gasteiger partial charge in [-0.3, -0.25) is 0 Å². The maximum atomic E-state index is 9.35. The first-order valence-electron chi connectivity index (χ1n) is 7.25. The summed E-state index contributed by atoms with van der Waals surface area (Å²) in [6.45, 7) is 0.626. The van der Waals surface area contributed by atoms with Gasteiger partial charge in [0, 0.05) is 40.6 Å². The van der Waals surface area contributed by atoms with Crippen LogP contribution < -0.4 is 5.32 Å². The lowest BCUT2D eigenvalue weighted by Crippen LogP contribution is -2.22. The summed E-state index contributed by atoms with van der Waals surface area (Å²) >= 11 is 18.6. The van der Waals surface area contributed by atoms with E-state index in [2.05, 4.69) is 5.32 Å². The molecule has 3 nitrogen and oxygen atoms in total. The first kappa shape index (κ1) is 17.5. The zero-order valence-electron chi connectivity index (χ0n) is 12.9. The predicted octanol–water partition coefficient (Wildman–Crippen LogP) is 4.58. The molecule has 0 aliphatic heterocycles. The number of aryl methyl sites for hydroxylation is 1. The third-order valence-electron chi connectivity index (χ3n) is 3.66. The molecule has 0 bridgehead atoms. The van der Waals surface area contributed by atoms with Crippen molar-refractivity contribution >= 4 is 62.6 Å². The maximum absolute atomic E-state index is 9.35. The fourth-order valence-corrected chi connectivity index (χ4v) is 4.18. The van der Waals surface area contributed by atoms with Crippen LogP contribution in [0.4, 0.5) is 0 Å². The molecule has 0 fully saturated rings. The smallest absolute Gasteiger partial charge is 0.109 e. The highest BCUT2D eigenvalue weighted by Gasteiger charge is 2.12. The van der Waals surface area contributed by atoms with E-state index in [4.69, 9.17) is 36.0 Å². The van der Waals surface area contributed by atoms with Crippen molar-refractivity contribution < 1.29 is 5.11 Å². The highest BCUT2D eigenvalue weighted by atomic mass is 35.5. The van der Waals surface area contributed by atoms with E-state index >= 15 is 0 Å². The molecular weight excluding hydrogens is 380 g/mol. The maximum Gasteiger partial charge on any atom is 0.109 e. The largest absolute Gasteiger partial charge is 0.391 e. The molecule has 0 atom stereocenters. The van der Waals surface area contributed by atoms with Gasteiger partial charge >= 0.3 is 0 Å². The molecule has 0 unspecified atom stereocenters. The van der Waals surface area contributed by atoms with Crippen molar-refractivity contribution in [2.75, 3.05) is 0 Å². The Labute approximate surface area is 159 Å². The van der Waals surface area contributed by atoms with Crippen LogP contribution in [0.25, 0.3) is 10.2 Å². The van der Waals surface area contributed by atoms with Crippen molar-refractivity contribution in [3.05, 3.63) is 62.1 Å². The summed E-state index contributed by atoms with van der Waals surface area (Å²) in [5.41, 5.74) is 1.92. The summed E-state index contributed by atoms with van der Waals surface area (Å²) in [5.74, 6) is 0. The van der Waals surface area contributed by atoms with Crippen LogP contribution in [0, 0.1) is 4.51 Å². The number of thiophene rings is 1. The van der Waals surface area contributed by atoms with Gasteiger partial charge in [-0.25, -0.2) is 0 Å². The molecule has 0 amide bonds. The molecule has 1 aromatic carbocycles. The molecule has 0 radical (unpaired) electrons. The second-order valence-electron chi connectivity index (χ2n) is 5.38. The van der Waals surface area contributed by atoms with Crippen LogP contribution in [0.5, 0.6) is 0 Å². The van der Waals surface area contributed by atoms with Crippen LogP contribution in [0.2, 0.25) is 5.02 Å². The number of aliphatic hydroxyl groups excluding tert-OH is 1. The lowest BCUT2D eigenvalue weighted by molar-refractivity contribution is 0.285. The molecule has 0 saturated heterocycles. The number of hydrogen-bond donors (Lipinski definition) is 2. The molecule has 3 rings (SSSR count). The van der Waals surface area contributed by atoms with Gasteiger partial charge in [-0.2, -0.15) is 0 Å². The van der Waals surface area contributed by atoms with Crippen molar-refractivity contribution in [1.82, 2.24) is 9.88 Å². The van der Waals surface area contributed by atoms with Gasteiger partial charge in [0.05, 0.1) is 11.1 Å². The Hall–Kier alpha value is -1.31. The number of rotatable bonds is 4. The molecular formula is C17H15ClN2OS3. The zero-order valence-corrected chi connectivity index (χ0v) is 16.1. The van der Waals surface area contributed by atoms with Crippen LogP contribution in [-0.4, -0.2) is 14.7 Å². The monoisotopic (exact) mass is 394 g/mol. The number of hydrogen-bond acceptors (Lipinski definition) is 4. The molecule has 3 aromatic rings. The molecule has 0 aliphatic carbocycles. The van der Waals surface area contributed by atoms with Gasteiger partial charge in [0.2, 0.25) is 0 Å². The average Bonchev–Trinajstić information content (AvgIpc) is 3.03. The minimum atomic E-state index is 0.0166. The van der Waals surface area contributed by atoms with Crippen molar-refractivity contribution in [1.29, 1.82) is 0 Å². The van der Waals surface area contributed by atoms with E-state index in [1.54, 1.807) is 11.3 Å². The predicted molar refractivity (Wildman–Crippen MR) is 108 cm³/mol. The second kappa shape index (κ2) is 7.29. The summed E-state index contributed by atoms with van der Waals surface area (Å²) in [6, 6.07) is 9.57. The summed E-state index contributed by atoms with van der Waals surface area (Å²) in [5, 5.41) is 14.3. The molecule has 2 N–H and O–H groups in total. The SMILES string of the molecule is Cn1cc(C(=S)NCc2ccc(Cl)cc2)c(=S)c2cc(CO)sc21. The minimum absolute atomic E-state index is 0.0166. The Kier molecular flexibility index (Phi) is 5.32. The summed E-state index contributed by atoms with van der Waals surface area (Å²) in [6.07, 6.45) is 1.94. The molecule has 2 aromatic heterocycles. The Morgan fingerprint density at radius 3 is 2.71 bits per heavy atom. The van der Waals surface area contributed by atoms with E-state index < -0.39 is 0 Å². The number of benzene rings is 1. The molecule has 124 valence electrons. The molecule has 0 saturated carbocycles. The molecule has 7 heteroatoms. The lowest BCUT2D eigenvalue weighted by atomic mass is 10.2. The quantitative estimate of drug-likeness (QED) is 0.635. The minimum Gasteiger partial charge on any atom is -0.391 e.